The zero-order valence-electron chi connectivity index (χ0n) is 11.1. The molecule has 1 heterocycles. The molecule has 1 aromatic heterocycles. The molecule has 19 heavy (non-hydrogen) atoms. The number of benzene rings is 1. The van der Waals surface area contributed by atoms with Crippen molar-refractivity contribution in [2.45, 2.75) is 32.6 Å². The van der Waals surface area contributed by atoms with Crippen LogP contribution in [-0.4, -0.2) is 9.97 Å². The lowest BCUT2D eigenvalue weighted by Crippen LogP contribution is -2.04. The van der Waals surface area contributed by atoms with Crippen LogP contribution < -0.4 is 5.73 Å². The summed E-state index contributed by atoms with van der Waals surface area (Å²) in [5, 5.41) is 0. The summed E-state index contributed by atoms with van der Waals surface area (Å²) in [7, 11) is 0. The third-order valence-electron chi connectivity index (χ3n) is 3.46. The molecule has 0 bridgehead atoms. The maximum atomic E-state index is 13.5. The molecule has 3 rings (SSSR count). The van der Waals surface area contributed by atoms with Gasteiger partial charge >= 0.3 is 0 Å². The minimum absolute atomic E-state index is 0.250. The minimum atomic E-state index is -0.250. The average molecular weight is 257 g/mol. The van der Waals surface area contributed by atoms with E-state index in [-0.39, 0.29) is 5.82 Å². The van der Waals surface area contributed by atoms with E-state index in [4.69, 9.17) is 5.73 Å². The second-order valence-corrected chi connectivity index (χ2v) is 5.23. The molecule has 98 valence electrons. The van der Waals surface area contributed by atoms with Gasteiger partial charge in [-0.2, -0.15) is 0 Å². The molecular formula is C15H16FN3. The van der Waals surface area contributed by atoms with Gasteiger partial charge in [0.2, 0.25) is 0 Å². The van der Waals surface area contributed by atoms with Crippen LogP contribution in [-0.2, 0) is 0 Å². The number of hydrogen-bond donors (Lipinski definition) is 1. The zero-order valence-corrected chi connectivity index (χ0v) is 11.1. The molecule has 0 atom stereocenters. The molecule has 2 aromatic rings. The largest absolute Gasteiger partial charge is 0.383 e. The molecule has 0 spiro atoms. The first-order chi connectivity index (χ1) is 9.04. The second-order valence-electron chi connectivity index (χ2n) is 5.23. The molecule has 0 radical (unpaired) electrons. The summed E-state index contributed by atoms with van der Waals surface area (Å²) in [6.45, 7) is 3.75. The van der Waals surface area contributed by atoms with E-state index in [9.17, 15) is 4.39 Å². The number of aromatic nitrogens is 2. The maximum Gasteiger partial charge on any atom is 0.134 e. The number of nitrogen functional groups attached to an aromatic ring is 1. The Bertz CT molecular complexity index is 628. The Balaban J connectivity index is 2.17. The molecular weight excluding hydrogens is 241 g/mol. The smallest absolute Gasteiger partial charge is 0.134 e. The maximum absolute atomic E-state index is 13.5. The van der Waals surface area contributed by atoms with Gasteiger partial charge in [0.1, 0.15) is 17.5 Å². The van der Waals surface area contributed by atoms with Crippen LogP contribution in [0.5, 0.6) is 0 Å². The third kappa shape index (κ3) is 2.30. The second kappa shape index (κ2) is 4.30. The number of anilines is 1. The van der Waals surface area contributed by atoms with Gasteiger partial charge in [0.25, 0.3) is 0 Å². The van der Waals surface area contributed by atoms with Crippen LogP contribution in [0.25, 0.3) is 11.3 Å². The van der Waals surface area contributed by atoms with Crippen molar-refractivity contribution >= 4 is 5.82 Å². The molecule has 1 aliphatic carbocycles. The van der Waals surface area contributed by atoms with Crippen molar-refractivity contribution in [1.82, 2.24) is 9.97 Å². The van der Waals surface area contributed by atoms with Gasteiger partial charge in [-0.3, -0.25) is 0 Å². The lowest BCUT2D eigenvalue weighted by Gasteiger charge is -2.10. The Hall–Kier alpha value is -1.97. The number of rotatable bonds is 2. The molecule has 3 nitrogen and oxygen atoms in total. The highest BCUT2D eigenvalue weighted by atomic mass is 19.1. The molecule has 1 saturated carbocycles. The Labute approximate surface area is 111 Å². The Morgan fingerprint density at radius 2 is 1.89 bits per heavy atom. The van der Waals surface area contributed by atoms with Gasteiger partial charge in [-0.25, -0.2) is 14.4 Å². The molecule has 4 heteroatoms. The highest BCUT2D eigenvalue weighted by Crippen LogP contribution is 2.39. The van der Waals surface area contributed by atoms with Gasteiger partial charge in [-0.15, -0.1) is 0 Å². The van der Waals surface area contributed by atoms with Crippen LogP contribution in [0.15, 0.2) is 18.2 Å². The molecule has 0 unspecified atom stereocenters. The number of aryl methyl sites for hydroxylation is 1. The number of hydrogen-bond acceptors (Lipinski definition) is 3. The Morgan fingerprint density at radius 1 is 1.16 bits per heavy atom. The predicted octanol–water partition coefficient (Wildman–Crippen LogP) is 3.36. The topological polar surface area (TPSA) is 51.8 Å². The van der Waals surface area contributed by atoms with Gasteiger partial charge in [0, 0.05) is 17.0 Å². The molecule has 1 aromatic carbocycles. The third-order valence-corrected chi connectivity index (χ3v) is 3.46. The van der Waals surface area contributed by atoms with E-state index in [2.05, 4.69) is 9.97 Å². The molecule has 2 N–H and O–H groups in total. The number of halogens is 1. The van der Waals surface area contributed by atoms with Crippen molar-refractivity contribution in [3.63, 3.8) is 0 Å². The molecule has 0 saturated heterocycles. The van der Waals surface area contributed by atoms with Crippen LogP contribution in [0.1, 0.15) is 35.7 Å². The summed E-state index contributed by atoms with van der Waals surface area (Å²) in [6, 6.07) is 4.93. The predicted molar refractivity (Wildman–Crippen MR) is 73.3 cm³/mol. The van der Waals surface area contributed by atoms with E-state index in [1.165, 1.54) is 12.1 Å². The van der Waals surface area contributed by atoms with Gasteiger partial charge in [0.05, 0.1) is 5.69 Å². The summed E-state index contributed by atoms with van der Waals surface area (Å²) in [4.78, 5) is 8.93. The van der Waals surface area contributed by atoms with Gasteiger partial charge in [-0.1, -0.05) is 0 Å². The minimum Gasteiger partial charge on any atom is -0.383 e. The first-order valence-electron chi connectivity index (χ1n) is 6.46. The zero-order chi connectivity index (χ0) is 13.6. The molecule has 0 aliphatic heterocycles. The first-order valence-corrected chi connectivity index (χ1v) is 6.46. The molecule has 0 amide bonds. The summed E-state index contributed by atoms with van der Waals surface area (Å²) in [6.07, 6.45) is 2.23. The van der Waals surface area contributed by atoms with E-state index < -0.39 is 0 Å². The molecule has 1 fully saturated rings. The van der Waals surface area contributed by atoms with Crippen LogP contribution in [0, 0.1) is 19.7 Å². The summed E-state index contributed by atoms with van der Waals surface area (Å²) < 4.78 is 13.5. The lowest BCUT2D eigenvalue weighted by molar-refractivity contribution is 0.627. The number of nitrogens with two attached hydrogens (primary N) is 1. The van der Waals surface area contributed by atoms with E-state index >= 15 is 0 Å². The fourth-order valence-electron chi connectivity index (χ4n) is 2.23. The van der Waals surface area contributed by atoms with E-state index in [1.54, 1.807) is 0 Å². The quantitative estimate of drug-likeness (QED) is 0.897. The normalized spacial score (nSPS) is 14.7. The van der Waals surface area contributed by atoms with E-state index in [0.717, 1.165) is 41.1 Å². The van der Waals surface area contributed by atoms with Crippen molar-refractivity contribution in [3.8, 4) is 11.3 Å². The Kier molecular flexibility index (Phi) is 2.73. The van der Waals surface area contributed by atoms with Crippen LogP contribution in [0.3, 0.4) is 0 Å². The monoisotopic (exact) mass is 257 g/mol. The van der Waals surface area contributed by atoms with Crippen molar-refractivity contribution < 1.29 is 4.39 Å². The van der Waals surface area contributed by atoms with Crippen molar-refractivity contribution in [1.29, 1.82) is 0 Å². The van der Waals surface area contributed by atoms with Crippen molar-refractivity contribution in [2.75, 3.05) is 5.73 Å². The fourth-order valence-corrected chi connectivity index (χ4v) is 2.23. The summed E-state index contributed by atoms with van der Waals surface area (Å²) in [5.41, 5.74) is 9.16. The van der Waals surface area contributed by atoms with Crippen LogP contribution >= 0.6 is 0 Å². The number of nitrogens with zero attached hydrogens (tertiary/aromatic N) is 2. The Morgan fingerprint density at radius 3 is 2.53 bits per heavy atom. The van der Waals surface area contributed by atoms with Gasteiger partial charge < -0.3 is 5.73 Å². The first kappa shape index (κ1) is 12.1. The van der Waals surface area contributed by atoms with Crippen molar-refractivity contribution in [2.24, 2.45) is 0 Å². The molecule has 1 aliphatic rings. The van der Waals surface area contributed by atoms with Gasteiger partial charge in [0.15, 0.2) is 0 Å². The standard InChI is InChI=1S/C15H16FN3/c1-8-5-11(7-12(16)6-8)13-9(2)14(17)19-15(18-13)10-3-4-10/h5-7,10H,3-4H2,1-2H3,(H2,17,18,19). The van der Waals surface area contributed by atoms with Crippen LogP contribution in [0.2, 0.25) is 0 Å². The SMILES string of the molecule is Cc1cc(F)cc(-c2nc(C3CC3)nc(N)c2C)c1. The lowest BCUT2D eigenvalue weighted by atomic mass is 10.0. The fraction of sp³-hybridized carbons (Fsp3) is 0.333. The summed E-state index contributed by atoms with van der Waals surface area (Å²) in [5.74, 6) is 1.46. The summed E-state index contributed by atoms with van der Waals surface area (Å²) >= 11 is 0. The van der Waals surface area contributed by atoms with Crippen molar-refractivity contribution in [3.05, 3.63) is 41.0 Å². The van der Waals surface area contributed by atoms with E-state index in [1.807, 2.05) is 19.9 Å². The van der Waals surface area contributed by atoms with Gasteiger partial charge in [-0.05, 0) is 50.5 Å². The highest BCUT2D eigenvalue weighted by Gasteiger charge is 2.28. The van der Waals surface area contributed by atoms with Crippen LogP contribution in [0.4, 0.5) is 10.2 Å². The van der Waals surface area contributed by atoms with E-state index in [0.29, 0.717) is 11.7 Å². The average Bonchev–Trinajstić information content (AvgIpc) is 3.15. The highest BCUT2D eigenvalue weighted by molar-refractivity contribution is 5.68.